The first-order valence-corrected chi connectivity index (χ1v) is 6.65. The molecule has 0 radical (unpaired) electrons. The molecule has 0 aliphatic heterocycles. The third-order valence-corrected chi connectivity index (χ3v) is 3.43. The van der Waals surface area contributed by atoms with Gasteiger partial charge in [0, 0.05) is 6.54 Å². The lowest BCUT2D eigenvalue weighted by atomic mass is 9.97. The molecular formula is C15H22N2O. The highest BCUT2D eigenvalue weighted by molar-refractivity contribution is 5.72. The normalized spacial score (nSPS) is 15.1. The molecule has 0 amide bonds. The maximum absolute atomic E-state index is 6.01. The Morgan fingerprint density at radius 3 is 2.94 bits per heavy atom. The van der Waals surface area contributed by atoms with E-state index < -0.39 is 0 Å². The van der Waals surface area contributed by atoms with E-state index in [1.165, 1.54) is 25.7 Å². The van der Waals surface area contributed by atoms with Crippen LogP contribution < -0.4 is 15.8 Å². The molecule has 1 aliphatic carbocycles. The summed E-state index contributed by atoms with van der Waals surface area (Å²) in [5, 5.41) is 3.39. The topological polar surface area (TPSA) is 47.3 Å². The summed E-state index contributed by atoms with van der Waals surface area (Å²) in [5.74, 6) is 0.733. The van der Waals surface area contributed by atoms with Gasteiger partial charge in [0.2, 0.25) is 0 Å². The molecule has 1 aliphatic rings. The van der Waals surface area contributed by atoms with E-state index in [1.54, 1.807) is 12.7 Å². The number of benzene rings is 1. The molecule has 1 aromatic carbocycles. The summed E-state index contributed by atoms with van der Waals surface area (Å²) in [4.78, 5) is 0. The van der Waals surface area contributed by atoms with E-state index in [9.17, 15) is 0 Å². The van der Waals surface area contributed by atoms with Gasteiger partial charge in [-0.2, -0.15) is 0 Å². The minimum atomic E-state index is 0.692. The molecule has 0 spiro atoms. The predicted molar refractivity (Wildman–Crippen MR) is 77.1 cm³/mol. The number of anilines is 2. The molecule has 0 saturated heterocycles. The van der Waals surface area contributed by atoms with E-state index in [0.717, 1.165) is 24.4 Å². The van der Waals surface area contributed by atoms with Crippen molar-refractivity contribution < 1.29 is 4.74 Å². The third kappa shape index (κ3) is 3.19. The number of methoxy groups -OCH3 is 1. The van der Waals surface area contributed by atoms with E-state index in [0.29, 0.717) is 5.69 Å². The summed E-state index contributed by atoms with van der Waals surface area (Å²) in [7, 11) is 1.64. The Bertz CT molecular complexity index is 427. The minimum Gasteiger partial charge on any atom is -0.495 e. The second-order valence-electron chi connectivity index (χ2n) is 4.71. The first-order chi connectivity index (χ1) is 8.81. The van der Waals surface area contributed by atoms with E-state index in [2.05, 4.69) is 11.4 Å². The number of rotatable bonds is 5. The average molecular weight is 246 g/mol. The van der Waals surface area contributed by atoms with Crippen LogP contribution in [0.4, 0.5) is 11.4 Å². The summed E-state index contributed by atoms with van der Waals surface area (Å²) in [6.45, 7) is 0.934. The van der Waals surface area contributed by atoms with Crippen LogP contribution >= 0.6 is 0 Å². The van der Waals surface area contributed by atoms with Crippen LogP contribution in [0.25, 0.3) is 0 Å². The molecule has 2 rings (SSSR count). The Balaban J connectivity index is 1.88. The van der Waals surface area contributed by atoms with Crippen LogP contribution in [0.2, 0.25) is 0 Å². The summed E-state index contributed by atoms with van der Waals surface area (Å²) < 4.78 is 5.21. The largest absolute Gasteiger partial charge is 0.495 e. The van der Waals surface area contributed by atoms with Crippen molar-refractivity contribution in [1.82, 2.24) is 0 Å². The van der Waals surface area contributed by atoms with Gasteiger partial charge in [0.25, 0.3) is 0 Å². The number of nitrogen functional groups attached to an aromatic ring is 1. The van der Waals surface area contributed by atoms with Crippen LogP contribution in [-0.4, -0.2) is 13.7 Å². The van der Waals surface area contributed by atoms with Crippen molar-refractivity contribution in [3.05, 3.63) is 29.8 Å². The van der Waals surface area contributed by atoms with Gasteiger partial charge in [-0.05, 0) is 44.2 Å². The molecular weight excluding hydrogens is 224 g/mol. The highest BCUT2D eigenvalue weighted by Crippen LogP contribution is 2.29. The predicted octanol–water partition coefficient (Wildman–Crippen LogP) is 3.58. The van der Waals surface area contributed by atoms with Crippen LogP contribution in [0.3, 0.4) is 0 Å². The zero-order valence-electron chi connectivity index (χ0n) is 11.0. The van der Waals surface area contributed by atoms with Gasteiger partial charge in [-0.25, -0.2) is 0 Å². The van der Waals surface area contributed by atoms with Crippen LogP contribution in [0.5, 0.6) is 5.75 Å². The number of nitrogens with one attached hydrogen (secondary N) is 1. The van der Waals surface area contributed by atoms with Crippen molar-refractivity contribution in [2.75, 3.05) is 24.7 Å². The van der Waals surface area contributed by atoms with Crippen LogP contribution in [-0.2, 0) is 0 Å². The second kappa shape index (κ2) is 6.34. The Hall–Kier alpha value is -1.64. The maximum Gasteiger partial charge on any atom is 0.143 e. The molecule has 0 saturated carbocycles. The lowest BCUT2D eigenvalue weighted by Crippen LogP contribution is -2.07. The number of allylic oxidation sites excluding steroid dienone is 1. The zero-order valence-corrected chi connectivity index (χ0v) is 11.0. The minimum absolute atomic E-state index is 0.692. The van der Waals surface area contributed by atoms with Crippen molar-refractivity contribution in [2.24, 2.45) is 0 Å². The van der Waals surface area contributed by atoms with Gasteiger partial charge in [0.15, 0.2) is 0 Å². The molecule has 0 bridgehead atoms. The highest BCUT2D eigenvalue weighted by Gasteiger charge is 2.06. The standard InChI is InChI=1S/C15H22N2O/c1-18-14-9-5-8-13(15(14)16)17-11-10-12-6-3-2-4-7-12/h5-6,8-9,17H,2-4,7,10-11,16H2,1H3. The summed E-state index contributed by atoms with van der Waals surface area (Å²) >= 11 is 0. The zero-order chi connectivity index (χ0) is 12.8. The number of para-hydroxylation sites is 1. The van der Waals surface area contributed by atoms with Crippen molar-refractivity contribution in [3.8, 4) is 5.75 Å². The number of hydrogen-bond donors (Lipinski definition) is 2. The van der Waals surface area contributed by atoms with E-state index >= 15 is 0 Å². The van der Waals surface area contributed by atoms with Gasteiger partial charge in [0.05, 0.1) is 18.5 Å². The molecule has 98 valence electrons. The Labute approximate surface area is 109 Å². The molecule has 0 heterocycles. The van der Waals surface area contributed by atoms with E-state index in [1.807, 2.05) is 18.2 Å². The fourth-order valence-corrected chi connectivity index (χ4v) is 2.37. The first-order valence-electron chi connectivity index (χ1n) is 6.65. The van der Waals surface area contributed by atoms with Crippen LogP contribution in [0.15, 0.2) is 29.8 Å². The SMILES string of the molecule is COc1cccc(NCCC2=CCCCC2)c1N. The van der Waals surface area contributed by atoms with Crippen molar-refractivity contribution >= 4 is 11.4 Å². The van der Waals surface area contributed by atoms with Crippen LogP contribution in [0, 0.1) is 0 Å². The molecule has 3 N–H and O–H groups in total. The number of nitrogens with two attached hydrogens (primary N) is 1. The highest BCUT2D eigenvalue weighted by atomic mass is 16.5. The quantitative estimate of drug-likeness (QED) is 0.616. The fraction of sp³-hybridized carbons (Fsp3) is 0.467. The monoisotopic (exact) mass is 246 g/mol. The van der Waals surface area contributed by atoms with Crippen molar-refractivity contribution in [1.29, 1.82) is 0 Å². The molecule has 3 nitrogen and oxygen atoms in total. The Morgan fingerprint density at radius 2 is 2.22 bits per heavy atom. The number of ether oxygens (including phenoxy) is 1. The van der Waals surface area contributed by atoms with E-state index in [-0.39, 0.29) is 0 Å². The molecule has 18 heavy (non-hydrogen) atoms. The van der Waals surface area contributed by atoms with Gasteiger partial charge >= 0.3 is 0 Å². The third-order valence-electron chi connectivity index (χ3n) is 3.43. The maximum atomic E-state index is 6.01. The number of hydrogen-bond acceptors (Lipinski definition) is 3. The molecule has 0 unspecified atom stereocenters. The van der Waals surface area contributed by atoms with Gasteiger partial charge in [-0.3, -0.25) is 0 Å². The van der Waals surface area contributed by atoms with Crippen molar-refractivity contribution in [2.45, 2.75) is 32.1 Å². The van der Waals surface area contributed by atoms with Gasteiger partial charge < -0.3 is 15.8 Å². The van der Waals surface area contributed by atoms with Crippen molar-refractivity contribution in [3.63, 3.8) is 0 Å². The van der Waals surface area contributed by atoms with Gasteiger partial charge in [-0.1, -0.05) is 17.7 Å². The average Bonchev–Trinajstić information content (AvgIpc) is 2.42. The summed E-state index contributed by atoms with van der Waals surface area (Å²) in [6, 6.07) is 5.83. The fourth-order valence-electron chi connectivity index (χ4n) is 2.37. The second-order valence-corrected chi connectivity index (χ2v) is 4.71. The first kappa shape index (κ1) is 12.8. The molecule has 0 atom stereocenters. The van der Waals surface area contributed by atoms with E-state index in [4.69, 9.17) is 10.5 Å². The molecule has 1 aromatic rings. The Morgan fingerprint density at radius 1 is 1.33 bits per heavy atom. The Kier molecular flexibility index (Phi) is 4.51. The smallest absolute Gasteiger partial charge is 0.143 e. The lowest BCUT2D eigenvalue weighted by molar-refractivity contribution is 0.417. The van der Waals surface area contributed by atoms with Gasteiger partial charge in [0.1, 0.15) is 5.75 Å². The molecule has 3 heteroatoms. The van der Waals surface area contributed by atoms with Crippen LogP contribution in [0.1, 0.15) is 32.1 Å². The lowest BCUT2D eigenvalue weighted by Gasteiger charge is -2.15. The van der Waals surface area contributed by atoms with Gasteiger partial charge in [-0.15, -0.1) is 0 Å². The summed E-state index contributed by atoms with van der Waals surface area (Å²) in [5.41, 5.74) is 9.25. The molecule has 0 fully saturated rings. The molecule has 0 aromatic heterocycles. The summed E-state index contributed by atoms with van der Waals surface area (Å²) in [6.07, 6.45) is 8.69.